The first-order chi connectivity index (χ1) is 11.7. The third kappa shape index (κ3) is 5.95. The van der Waals surface area contributed by atoms with Crippen molar-refractivity contribution in [1.29, 1.82) is 0 Å². The Kier molecular flexibility index (Phi) is 7.35. The van der Waals surface area contributed by atoms with Crippen LogP contribution in [0.5, 0.6) is 0 Å². The third-order valence-electron chi connectivity index (χ3n) is 5.30. The Morgan fingerprint density at radius 1 is 0.583 bits per heavy atom. The highest BCUT2D eigenvalue weighted by atomic mass is 16.7. The molecular weight excluding hydrogens is 308 g/mol. The van der Waals surface area contributed by atoms with Crippen molar-refractivity contribution < 1.29 is 23.7 Å². The van der Waals surface area contributed by atoms with E-state index in [-0.39, 0.29) is 12.6 Å². The maximum absolute atomic E-state index is 5.91. The Labute approximate surface area is 146 Å². The van der Waals surface area contributed by atoms with E-state index >= 15 is 0 Å². The van der Waals surface area contributed by atoms with E-state index in [0.717, 1.165) is 64.6 Å². The van der Waals surface area contributed by atoms with Gasteiger partial charge in [0.15, 0.2) is 12.6 Å². The fourth-order valence-electron chi connectivity index (χ4n) is 3.58. The van der Waals surface area contributed by atoms with Gasteiger partial charge in [-0.05, 0) is 31.6 Å². The summed E-state index contributed by atoms with van der Waals surface area (Å²) in [6.07, 6.45) is 6.73. The molecule has 5 nitrogen and oxygen atoms in total. The molecule has 24 heavy (non-hydrogen) atoms. The molecule has 3 saturated heterocycles. The van der Waals surface area contributed by atoms with Crippen LogP contribution in [-0.2, 0) is 23.7 Å². The van der Waals surface area contributed by atoms with Gasteiger partial charge in [0, 0.05) is 31.3 Å². The van der Waals surface area contributed by atoms with Gasteiger partial charge in [-0.2, -0.15) is 0 Å². The van der Waals surface area contributed by atoms with Gasteiger partial charge in [-0.25, -0.2) is 0 Å². The van der Waals surface area contributed by atoms with Crippen molar-refractivity contribution in [3.8, 4) is 0 Å². The van der Waals surface area contributed by atoms with Crippen LogP contribution in [0.15, 0.2) is 0 Å². The van der Waals surface area contributed by atoms with Gasteiger partial charge in [0.05, 0.1) is 32.5 Å². The summed E-state index contributed by atoms with van der Waals surface area (Å²) in [7, 11) is 0. The predicted molar refractivity (Wildman–Crippen MR) is 90.6 cm³/mol. The number of ether oxygens (including phenoxy) is 5. The summed E-state index contributed by atoms with van der Waals surface area (Å²) < 4.78 is 29.0. The molecule has 2 unspecified atom stereocenters. The molecule has 0 spiro atoms. The van der Waals surface area contributed by atoms with Crippen LogP contribution in [0.2, 0.25) is 0 Å². The minimum Gasteiger partial charge on any atom is -0.378 e. The molecule has 0 N–H and O–H groups in total. The average molecular weight is 342 g/mol. The summed E-state index contributed by atoms with van der Waals surface area (Å²) in [6, 6.07) is 0. The van der Waals surface area contributed by atoms with E-state index < -0.39 is 0 Å². The first-order valence-electron chi connectivity index (χ1n) is 9.77. The van der Waals surface area contributed by atoms with Crippen LogP contribution in [0.4, 0.5) is 0 Å². The monoisotopic (exact) mass is 342 g/mol. The number of hydrogen-bond donors (Lipinski definition) is 0. The average Bonchev–Trinajstić information content (AvgIpc) is 2.62. The molecule has 3 fully saturated rings. The van der Waals surface area contributed by atoms with E-state index in [1.165, 1.54) is 12.8 Å². The van der Waals surface area contributed by atoms with Gasteiger partial charge in [0.2, 0.25) is 0 Å². The molecule has 0 aromatic carbocycles. The Hall–Kier alpha value is -0.200. The van der Waals surface area contributed by atoms with Crippen LogP contribution in [0, 0.1) is 17.8 Å². The normalized spacial score (nSPS) is 41.2. The summed E-state index contributed by atoms with van der Waals surface area (Å²) in [4.78, 5) is 0. The van der Waals surface area contributed by atoms with Gasteiger partial charge in [-0.3, -0.25) is 0 Å². The maximum Gasteiger partial charge on any atom is 0.157 e. The van der Waals surface area contributed by atoms with Crippen LogP contribution in [0.3, 0.4) is 0 Å². The molecule has 0 aromatic rings. The van der Waals surface area contributed by atoms with Crippen molar-refractivity contribution in [3.63, 3.8) is 0 Å². The van der Waals surface area contributed by atoms with Crippen molar-refractivity contribution >= 4 is 0 Å². The van der Waals surface area contributed by atoms with Gasteiger partial charge < -0.3 is 23.7 Å². The highest BCUT2D eigenvalue weighted by Gasteiger charge is 2.26. The maximum atomic E-state index is 5.91. The van der Waals surface area contributed by atoms with E-state index in [1.54, 1.807) is 0 Å². The molecule has 3 heterocycles. The smallest absolute Gasteiger partial charge is 0.157 e. The first-order valence-corrected chi connectivity index (χ1v) is 9.77. The SMILES string of the molecule is CC1CCC(CCC2COC(CCC3OCC(C)CO3)OC2)OC1. The topological polar surface area (TPSA) is 46.2 Å². The molecule has 0 amide bonds. The molecule has 5 heteroatoms. The lowest BCUT2D eigenvalue weighted by molar-refractivity contribution is -0.230. The lowest BCUT2D eigenvalue weighted by Gasteiger charge is -2.33. The summed E-state index contributed by atoms with van der Waals surface area (Å²) in [5, 5.41) is 0. The van der Waals surface area contributed by atoms with E-state index in [4.69, 9.17) is 23.7 Å². The Bertz CT molecular complexity index is 306. The molecule has 2 atom stereocenters. The van der Waals surface area contributed by atoms with Crippen LogP contribution in [0.25, 0.3) is 0 Å². The fraction of sp³-hybridized carbons (Fsp3) is 1.00. The van der Waals surface area contributed by atoms with Crippen molar-refractivity contribution in [3.05, 3.63) is 0 Å². The first kappa shape index (κ1) is 18.6. The van der Waals surface area contributed by atoms with E-state index in [9.17, 15) is 0 Å². The van der Waals surface area contributed by atoms with E-state index in [0.29, 0.717) is 17.9 Å². The molecule has 0 bridgehead atoms. The zero-order valence-electron chi connectivity index (χ0n) is 15.3. The molecular formula is C19H34O5. The molecule has 3 rings (SSSR count). The molecule has 3 aliphatic rings. The Balaban J connectivity index is 1.24. The van der Waals surface area contributed by atoms with Gasteiger partial charge in [-0.1, -0.05) is 13.8 Å². The molecule has 140 valence electrons. The summed E-state index contributed by atoms with van der Waals surface area (Å²) in [5.41, 5.74) is 0. The van der Waals surface area contributed by atoms with Crippen LogP contribution in [-0.4, -0.2) is 51.7 Å². The summed E-state index contributed by atoms with van der Waals surface area (Å²) in [5.74, 6) is 1.73. The fourth-order valence-corrected chi connectivity index (χ4v) is 3.58. The van der Waals surface area contributed by atoms with Gasteiger partial charge in [0.25, 0.3) is 0 Å². The second-order valence-corrected chi connectivity index (χ2v) is 7.96. The highest BCUT2D eigenvalue weighted by molar-refractivity contribution is 4.71. The predicted octanol–water partition coefficient (Wildman–Crippen LogP) is 3.36. The molecule has 0 radical (unpaired) electrons. The standard InChI is InChI=1S/C19H34O5/c1-14-3-5-17(20-9-14)6-4-16-12-23-19(24-13-16)8-7-18-21-10-15(2)11-22-18/h14-19H,3-13H2,1-2H3. The Morgan fingerprint density at radius 2 is 1.17 bits per heavy atom. The van der Waals surface area contributed by atoms with Crippen molar-refractivity contribution in [1.82, 2.24) is 0 Å². The van der Waals surface area contributed by atoms with Crippen LogP contribution >= 0.6 is 0 Å². The quantitative estimate of drug-likeness (QED) is 0.741. The second-order valence-electron chi connectivity index (χ2n) is 7.96. The minimum absolute atomic E-state index is 0.0861. The Morgan fingerprint density at radius 3 is 1.75 bits per heavy atom. The largest absolute Gasteiger partial charge is 0.378 e. The zero-order chi connectivity index (χ0) is 16.8. The van der Waals surface area contributed by atoms with Crippen LogP contribution < -0.4 is 0 Å². The number of rotatable bonds is 6. The number of hydrogen-bond acceptors (Lipinski definition) is 5. The molecule has 3 aliphatic heterocycles. The molecule has 0 aliphatic carbocycles. The van der Waals surface area contributed by atoms with Gasteiger partial charge in [-0.15, -0.1) is 0 Å². The summed E-state index contributed by atoms with van der Waals surface area (Å²) >= 11 is 0. The van der Waals surface area contributed by atoms with Crippen molar-refractivity contribution in [2.45, 2.75) is 71.1 Å². The van der Waals surface area contributed by atoms with Crippen molar-refractivity contribution in [2.75, 3.05) is 33.0 Å². The van der Waals surface area contributed by atoms with E-state index in [1.807, 2.05) is 0 Å². The van der Waals surface area contributed by atoms with Gasteiger partial charge in [0.1, 0.15) is 0 Å². The molecule has 0 saturated carbocycles. The third-order valence-corrected chi connectivity index (χ3v) is 5.30. The lowest BCUT2D eigenvalue weighted by atomic mass is 9.94. The minimum atomic E-state index is -0.0976. The molecule has 0 aromatic heterocycles. The second kappa shape index (κ2) is 9.48. The van der Waals surface area contributed by atoms with Crippen molar-refractivity contribution in [2.24, 2.45) is 17.8 Å². The lowest BCUT2D eigenvalue weighted by Crippen LogP contribution is -2.35. The summed E-state index contributed by atoms with van der Waals surface area (Å²) in [6.45, 7) is 8.52. The zero-order valence-corrected chi connectivity index (χ0v) is 15.3. The highest BCUT2D eigenvalue weighted by Crippen LogP contribution is 2.26. The van der Waals surface area contributed by atoms with Crippen LogP contribution in [0.1, 0.15) is 52.4 Å². The van der Waals surface area contributed by atoms with Gasteiger partial charge >= 0.3 is 0 Å². The van der Waals surface area contributed by atoms with E-state index in [2.05, 4.69) is 13.8 Å².